The molecule has 0 saturated carbocycles. The zero-order valence-corrected chi connectivity index (χ0v) is 15.9. The number of carbonyl (C=O) groups is 1. The zero-order chi connectivity index (χ0) is 20.3. The lowest BCUT2D eigenvalue weighted by Gasteiger charge is -2.27. The molecule has 1 aliphatic heterocycles. The molecule has 0 bridgehead atoms. The molecule has 4 N–H and O–H groups in total. The molecule has 0 aromatic carbocycles. The molecule has 2 aromatic heterocycles. The number of nitrogens with zero attached hydrogens (tertiary/aromatic N) is 3. The Kier molecular flexibility index (Phi) is 6.14. The number of rotatable bonds is 7. The van der Waals surface area contributed by atoms with E-state index in [1.807, 2.05) is 0 Å². The maximum Gasteiger partial charge on any atom is 0.412 e. The highest BCUT2D eigenvalue weighted by atomic mass is 16.6. The van der Waals surface area contributed by atoms with Gasteiger partial charge in [0.05, 0.1) is 18.9 Å². The molecule has 10 heteroatoms. The SMILES string of the molecule is CCCCCOC(=O)Nc1ncnn2c([C@]3(C)O[C@H](CO)[C@@H](O)[C@H]3O)ccc12. The van der Waals surface area contributed by atoms with Crippen LogP contribution in [0.1, 0.15) is 38.8 Å². The Bertz CT molecular complexity index is 828. The third kappa shape index (κ3) is 3.68. The minimum Gasteiger partial charge on any atom is -0.449 e. The minimum absolute atomic E-state index is 0.247. The van der Waals surface area contributed by atoms with Crippen molar-refractivity contribution in [3.05, 3.63) is 24.2 Å². The molecule has 0 unspecified atom stereocenters. The molecule has 0 spiro atoms. The number of aliphatic hydroxyl groups excluding tert-OH is 3. The monoisotopic (exact) mass is 394 g/mol. The molecule has 3 rings (SSSR count). The fourth-order valence-electron chi connectivity index (χ4n) is 3.40. The van der Waals surface area contributed by atoms with E-state index in [-0.39, 0.29) is 5.82 Å². The van der Waals surface area contributed by atoms with Crippen LogP contribution in [0, 0.1) is 0 Å². The zero-order valence-electron chi connectivity index (χ0n) is 15.9. The molecule has 10 nitrogen and oxygen atoms in total. The second kappa shape index (κ2) is 8.39. The topological polar surface area (TPSA) is 138 Å². The van der Waals surface area contributed by atoms with Gasteiger partial charge in [0.15, 0.2) is 5.82 Å². The van der Waals surface area contributed by atoms with Crippen molar-refractivity contribution < 1.29 is 29.6 Å². The summed E-state index contributed by atoms with van der Waals surface area (Å²) in [7, 11) is 0. The molecule has 1 saturated heterocycles. The molecule has 28 heavy (non-hydrogen) atoms. The number of hydrogen-bond acceptors (Lipinski definition) is 8. The van der Waals surface area contributed by atoms with Crippen molar-refractivity contribution in [3.8, 4) is 0 Å². The predicted octanol–water partition coefficient (Wildman–Crippen LogP) is 0.796. The average Bonchev–Trinajstić information content (AvgIpc) is 3.22. The number of carbonyl (C=O) groups excluding carboxylic acids is 1. The molecule has 1 fully saturated rings. The number of hydrogen-bond donors (Lipinski definition) is 4. The van der Waals surface area contributed by atoms with Crippen LogP contribution in [0.2, 0.25) is 0 Å². The van der Waals surface area contributed by atoms with E-state index in [0.717, 1.165) is 19.3 Å². The lowest BCUT2D eigenvalue weighted by Crippen LogP contribution is -2.39. The number of aliphatic hydroxyl groups is 3. The highest BCUT2D eigenvalue weighted by molar-refractivity contribution is 5.88. The van der Waals surface area contributed by atoms with Crippen molar-refractivity contribution in [2.75, 3.05) is 18.5 Å². The molecule has 4 atom stereocenters. The highest BCUT2D eigenvalue weighted by Gasteiger charge is 2.53. The van der Waals surface area contributed by atoms with Crippen molar-refractivity contribution in [1.29, 1.82) is 0 Å². The van der Waals surface area contributed by atoms with Crippen LogP contribution in [-0.4, -0.2) is 67.5 Å². The third-order valence-electron chi connectivity index (χ3n) is 5.01. The normalized spacial score (nSPS) is 27.2. The van der Waals surface area contributed by atoms with Crippen LogP contribution in [0.25, 0.3) is 5.52 Å². The van der Waals surface area contributed by atoms with Gasteiger partial charge in [0.1, 0.15) is 35.8 Å². The largest absolute Gasteiger partial charge is 0.449 e. The number of fused-ring (bicyclic) bond motifs is 1. The number of ether oxygens (including phenoxy) is 2. The Labute approximate surface area is 162 Å². The Morgan fingerprint density at radius 3 is 2.86 bits per heavy atom. The Balaban J connectivity index is 1.83. The molecule has 0 aliphatic carbocycles. The fraction of sp³-hybridized carbons (Fsp3) is 0.611. The second-order valence-corrected chi connectivity index (χ2v) is 6.97. The van der Waals surface area contributed by atoms with E-state index in [9.17, 15) is 20.1 Å². The van der Waals surface area contributed by atoms with Gasteiger partial charge in [0.2, 0.25) is 0 Å². The van der Waals surface area contributed by atoms with Crippen LogP contribution >= 0.6 is 0 Å². The first kappa shape index (κ1) is 20.5. The number of aromatic nitrogens is 3. The van der Waals surface area contributed by atoms with Crippen molar-refractivity contribution in [2.45, 2.75) is 57.0 Å². The Hall–Kier alpha value is -2.27. The molecule has 1 amide bonds. The maximum absolute atomic E-state index is 12.0. The fourth-order valence-corrected chi connectivity index (χ4v) is 3.40. The van der Waals surface area contributed by atoms with Crippen LogP contribution in [0.15, 0.2) is 18.5 Å². The lowest BCUT2D eigenvalue weighted by molar-refractivity contribution is -0.0890. The minimum atomic E-state index is -1.30. The standard InChI is InChI=1S/C18H26N4O6/c1-3-4-5-8-27-17(26)21-16-11-6-7-13(22(11)20-10-19-16)18(2)15(25)14(24)12(9-23)28-18/h6-7,10,12,14-15,23-25H,3-5,8-9H2,1-2H3,(H,19,20,21,26)/t12-,14-,15-,18+/m1/s1. The van der Waals surface area contributed by atoms with Gasteiger partial charge in [-0.1, -0.05) is 19.8 Å². The molecule has 0 radical (unpaired) electrons. The van der Waals surface area contributed by atoms with Crippen molar-refractivity contribution >= 4 is 17.4 Å². The van der Waals surface area contributed by atoms with Crippen molar-refractivity contribution in [1.82, 2.24) is 14.6 Å². The summed E-state index contributed by atoms with van der Waals surface area (Å²) in [6.45, 7) is 3.57. The van der Waals surface area contributed by atoms with E-state index >= 15 is 0 Å². The van der Waals surface area contributed by atoms with E-state index in [4.69, 9.17) is 9.47 Å². The number of anilines is 1. The van der Waals surface area contributed by atoms with Crippen LogP contribution in [0.3, 0.4) is 0 Å². The third-order valence-corrected chi connectivity index (χ3v) is 5.01. The Morgan fingerprint density at radius 1 is 1.39 bits per heavy atom. The van der Waals surface area contributed by atoms with E-state index in [1.54, 1.807) is 19.1 Å². The number of amides is 1. The summed E-state index contributed by atoms with van der Waals surface area (Å²) in [5.74, 6) is 0.247. The first-order valence-corrected chi connectivity index (χ1v) is 9.34. The van der Waals surface area contributed by atoms with Gasteiger partial charge in [-0.2, -0.15) is 5.10 Å². The van der Waals surface area contributed by atoms with Gasteiger partial charge in [0.25, 0.3) is 0 Å². The predicted molar refractivity (Wildman–Crippen MR) is 98.8 cm³/mol. The van der Waals surface area contributed by atoms with Gasteiger partial charge in [-0.3, -0.25) is 5.32 Å². The molecule has 1 aliphatic rings. The molecule has 3 heterocycles. The smallest absolute Gasteiger partial charge is 0.412 e. The van der Waals surface area contributed by atoms with Crippen LogP contribution in [0.4, 0.5) is 10.6 Å². The maximum atomic E-state index is 12.0. The van der Waals surface area contributed by atoms with Gasteiger partial charge in [0, 0.05) is 0 Å². The quantitative estimate of drug-likeness (QED) is 0.506. The number of unbranched alkanes of at least 4 members (excludes halogenated alkanes) is 2. The van der Waals surface area contributed by atoms with Gasteiger partial charge >= 0.3 is 6.09 Å². The van der Waals surface area contributed by atoms with Crippen LogP contribution < -0.4 is 5.32 Å². The van der Waals surface area contributed by atoms with E-state index < -0.39 is 36.6 Å². The number of nitrogens with one attached hydrogen (secondary N) is 1. The average molecular weight is 394 g/mol. The van der Waals surface area contributed by atoms with Crippen LogP contribution in [-0.2, 0) is 15.1 Å². The summed E-state index contributed by atoms with van der Waals surface area (Å²) < 4.78 is 12.3. The second-order valence-electron chi connectivity index (χ2n) is 6.97. The summed E-state index contributed by atoms with van der Waals surface area (Å²) in [6, 6.07) is 3.33. The van der Waals surface area contributed by atoms with Gasteiger partial charge in [-0.25, -0.2) is 14.3 Å². The van der Waals surface area contributed by atoms with Gasteiger partial charge in [-0.15, -0.1) is 0 Å². The van der Waals surface area contributed by atoms with E-state index in [0.29, 0.717) is 17.8 Å². The van der Waals surface area contributed by atoms with Gasteiger partial charge in [-0.05, 0) is 25.5 Å². The van der Waals surface area contributed by atoms with Crippen molar-refractivity contribution in [2.24, 2.45) is 0 Å². The van der Waals surface area contributed by atoms with Crippen LogP contribution in [0.5, 0.6) is 0 Å². The van der Waals surface area contributed by atoms with E-state index in [2.05, 4.69) is 22.3 Å². The first-order valence-electron chi connectivity index (χ1n) is 9.34. The molecular weight excluding hydrogens is 368 g/mol. The Morgan fingerprint density at radius 2 is 2.18 bits per heavy atom. The van der Waals surface area contributed by atoms with Crippen molar-refractivity contribution in [3.63, 3.8) is 0 Å². The summed E-state index contributed by atoms with van der Waals surface area (Å²) in [4.78, 5) is 16.1. The molecule has 2 aromatic rings. The van der Waals surface area contributed by atoms with Gasteiger partial charge < -0.3 is 24.8 Å². The summed E-state index contributed by atoms with van der Waals surface area (Å²) in [5, 5.41) is 36.7. The molecular formula is C18H26N4O6. The first-order chi connectivity index (χ1) is 13.4. The summed E-state index contributed by atoms with van der Waals surface area (Å²) in [6.07, 6.45) is 0.0311. The summed E-state index contributed by atoms with van der Waals surface area (Å²) >= 11 is 0. The highest BCUT2D eigenvalue weighted by Crippen LogP contribution is 2.40. The van der Waals surface area contributed by atoms with E-state index in [1.165, 1.54) is 10.8 Å². The molecule has 154 valence electrons. The lowest BCUT2D eigenvalue weighted by atomic mass is 9.93. The summed E-state index contributed by atoms with van der Waals surface area (Å²) in [5.41, 5.74) is -0.375.